The van der Waals surface area contributed by atoms with Crippen LogP contribution in [0.5, 0.6) is 5.75 Å². The summed E-state index contributed by atoms with van der Waals surface area (Å²) in [7, 11) is 1.63. The second-order valence-corrected chi connectivity index (χ2v) is 7.57. The Hall–Kier alpha value is -3.48. The van der Waals surface area contributed by atoms with Gasteiger partial charge in [-0.05, 0) is 61.0 Å². The van der Waals surface area contributed by atoms with Gasteiger partial charge >= 0.3 is 0 Å². The first-order chi connectivity index (χ1) is 15.0. The molecule has 3 aromatic rings. The standard InChI is InChI=1S/C24H24FN3O3/c1-31-21-9-5-17(6-10-21)22-15-20-16-27(13-2-14-28(20)26-22)24(30)12-11-23(29)18-3-7-19(25)8-4-18/h3-10,15H,2,11-14,16H2,1H3. The maximum Gasteiger partial charge on any atom is 0.223 e. The van der Waals surface area contributed by atoms with E-state index in [1.165, 1.54) is 24.3 Å². The molecule has 2 aromatic carbocycles. The van der Waals surface area contributed by atoms with Crippen molar-refractivity contribution in [2.75, 3.05) is 13.7 Å². The van der Waals surface area contributed by atoms with Gasteiger partial charge in [0.2, 0.25) is 5.91 Å². The lowest BCUT2D eigenvalue weighted by molar-refractivity contribution is -0.131. The Morgan fingerprint density at radius 1 is 1.03 bits per heavy atom. The first kappa shape index (κ1) is 20.8. The zero-order chi connectivity index (χ0) is 21.8. The lowest BCUT2D eigenvalue weighted by Crippen LogP contribution is -2.30. The summed E-state index contributed by atoms with van der Waals surface area (Å²) in [4.78, 5) is 26.9. The van der Waals surface area contributed by atoms with Gasteiger partial charge in [-0.25, -0.2) is 4.39 Å². The molecule has 1 aliphatic heterocycles. The van der Waals surface area contributed by atoms with E-state index in [0.717, 1.165) is 35.7 Å². The molecule has 0 bridgehead atoms. The average Bonchev–Trinajstić information content (AvgIpc) is 3.09. The van der Waals surface area contributed by atoms with Crippen LogP contribution in [0.25, 0.3) is 11.3 Å². The number of carbonyl (C=O) groups is 2. The molecule has 6 nitrogen and oxygen atoms in total. The first-order valence-electron chi connectivity index (χ1n) is 10.3. The third-order valence-electron chi connectivity index (χ3n) is 5.48. The van der Waals surface area contributed by atoms with Crippen LogP contribution in [0.15, 0.2) is 54.6 Å². The van der Waals surface area contributed by atoms with Gasteiger partial charge in [-0.1, -0.05) is 0 Å². The van der Waals surface area contributed by atoms with Gasteiger partial charge in [0.15, 0.2) is 5.78 Å². The van der Waals surface area contributed by atoms with Crippen LogP contribution in [0.4, 0.5) is 4.39 Å². The Balaban J connectivity index is 1.40. The first-order valence-corrected chi connectivity index (χ1v) is 10.3. The fourth-order valence-electron chi connectivity index (χ4n) is 3.74. The quantitative estimate of drug-likeness (QED) is 0.563. The average molecular weight is 421 g/mol. The van der Waals surface area contributed by atoms with Crippen LogP contribution in [-0.2, 0) is 17.9 Å². The molecule has 160 valence electrons. The molecule has 2 heterocycles. The van der Waals surface area contributed by atoms with Gasteiger partial charge in [0.1, 0.15) is 11.6 Å². The monoisotopic (exact) mass is 421 g/mol. The maximum absolute atomic E-state index is 13.0. The molecule has 0 atom stereocenters. The number of methoxy groups -OCH3 is 1. The van der Waals surface area contributed by atoms with Crippen LogP contribution in [0.2, 0.25) is 0 Å². The molecule has 1 amide bonds. The molecule has 0 N–H and O–H groups in total. The molecule has 0 spiro atoms. The molecule has 0 saturated carbocycles. The van der Waals surface area contributed by atoms with Crippen LogP contribution < -0.4 is 4.74 Å². The summed E-state index contributed by atoms with van der Waals surface area (Å²) < 4.78 is 20.2. The Morgan fingerprint density at radius 3 is 2.48 bits per heavy atom. The fraction of sp³-hybridized carbons (Fsp3) is 0.292. The van der Waals surface area contributed by atoms with Crippen molar-refractivity contribution in [2.24, 2.45) is 0 Å². The van der Waals surface area contributed by atoms with E-state index < -0.39 is 0 Å². The number of ether oxygens (including phenoxy) is 1. The number of fused-ring (bicyclic) bond motifs is 1. The number of halogens is 1. The minimum absolute atomic E-state index is 0.0592. The number of nitrogens with zero attached hydrogens (tertiary/aromatic N) is 3. The van der Waals surface area contributed by atoms with Crippen molar-refractivity contribution in [2.45, 2.75) is 32.4 Å². The molecule has 31 heavy (non-hydrogen) atoms. The van der Waals surface area contributed by atoms with Crippen molar-refractivity contribution in [3.63, 3.8) is 0 Å². The number of aryl methyl sites for hydroxylation is 1. The van der Waals surface area contributed by atoms with E-state index in [0.29, 0.717) is 18.7 Å². The number of hydrogen-bond acceptors (Lipinski definition) is 4. The van der Waals surface area contributed by atoms with Crippen molar-refractivity contribution >= 4 is 11.7 Å². The van der Waals surface area contributed by atoms with Gasteiger partial charge in [0, 0.05) is 37.1 Å². The zero-order valence-corrected chi connectivity index (χ0v) is 17.4. The summed E-state index contributed by atoms with van der Waals surface area (Å²) in [6.07, 6.45) is 1.04. The van der Waals surface area contributed by atoms with Gasteiger partial charge in [-0.3, -0.25) is 14.3 Å². The van der Waals surface area contributed by atoms with Crippen molar-refractivity contribution in [3.8, 4) is 17.0 Å². The Bertz CT molecular complexity index is 1070. The zero-order valence-electron chi connectivity index (χ0n) is 17.4. The molecule has 4 rings (SSSR count). The Morgan fingerprint density at radius 2 is 1.77 bits per heavy atom. The van der Waals surface area contributed by atoms with Crippen LogP contribution in [0.3, 0.4) is 0 Å². The van der Waals surface area contributed by atoms with Crippen LogP contribution >= 0.6 is 0 Å². The van der Waals surface area contributed by atoms with Crippen molar-refractivity contribution in [3.05, 3.63) is 71.7 Å². The molecular weight excluding hydrogens is 397 g/mol. The van der Waals surface area contributed by atoms with E-state index in [-0.39, 0.29) is 30.3 Å². The maximum atomic E-state index is 13.0. The van der Waals surface area contributed by atoms with Crippen molar-refractivity contribution < 1.29 is 18.7 Å². The van der Waals surface area contributed by atoms with Gasteiger partial charge < -0.3 is 9.64 Å². The number of aromatic nitrogens is 2. The summed E-state index contributed by atoms with van der Waals surface area (Å²) in [5, 5.41) is 4.70. The lowest BCUT2D eigenvalue weighted by atomic mass is 10.1. The number of Topliss-reactive ketones (excluding diaryl/α,β-unsaturated/α-hetero) is 1. The van der Waals surface area contributed by atoms with Crippen LogP contribution in [0, 0.1) is 5.82 Å². The summed E-state index contributed by atoms with van der Waals surface area (Å²) in [6, 6.07) is 15.1. The minimum atomic E-state index is -0.386. The normalized spacial score (nSPS) is 13.4. The van der Waals surface area contributed by atoms with Gasteiger partial charge in [-0.2, -0.15) is 5.10 Å². The SMILES string of the molecule is COc1ccc(-c2cc3n(n2)CCCN(C(=O)CCC(=O)c2ccc(F)cc2)C3)cc1. The number of amides is 1. The molecule has 0 unspecified atom stereocenters. The predicted molar refractivity (Wildman–Crippen MR) is 114 cm³/mol. The predicted octanol–water partition coefficient (Wildman–Crippen LogP) is 4.09. The van der Waals surface area contributed by atoms with E-state index in [1.807, 2.05) is 35.0 Å². The summed E-state index contributed by atoms with van der Waals surface area (Å²) in [5.41, 5.74) is 3.25. The van der Waals surface area contributed by atoms with Crippen LogP contribution in [0.1, 0.15) is 35.3 Å². The number of rotatable bonds is 6. The third kappa shape index (κ3) is 4.82. The van der Waals surface area contributed by atoms with Crippen molar-refractivity contribution in [1.82, 2.24) is 14.7 Å². The second-order valence-electron chi connectivity index (χ2n) is 7.57. The van der Waals surface area contributed by atoms with Gasteiger partial charge in [0.25, 0.3) is 0 Å². The van der Waals surface area contributed by atoms with Crippen molar-refractivity contribution in [1.29, 1.82) is 0 Å². The molecular formula is C24H24FN3O3. The molecule has 0 radical (unpaired) electrons. The molecule has 1 aromatic heterocycles. The molecule has 0 aliphatic carbocycles. The Kier molecular flexibility index (Phi) is 6.11. The highest BCUT2D eigenvalue weighted by atomic mass is 19.1. The minimum Gasteiger partial charge on any atom is -0.497 e. The molecule has 7 heteroatoms. The summed E-state index contributed by atoms with van der Waals surface area (Å²) >= 11 is 0. The van der Waals surface area contributed by atoms with E-state index in [2.05, 4.69) is 0 Å². The summed E-state index contributed by atoms with van der Waals surface area (Å²) in [5.74, 6) is 0.186. The number of carbonyl (C=O) groups excluding carboxylic acids is 2. The third-order valence-corrected chi connectivity index (χ3v) is 5.48. The highest BCUT2D eigenvalue weighted by Crippen LogP contribution is 2.24. The molecule has 0 saturated heterocycles. The highest BCUT2D eigenvalue weighted by Gasteiger charge is 2.22. The smallest absolute Gasteiger partial charge is 0.223 e. The van der Waals surface area contributed by atoms with Gasteiger partial charge in [0.05, 0.1) is 25.0 Å². The number of hydrogen-bond donors (Lipinski definition) is 0. The topological polar surface area (TPSA) is 64.4 Å². The van der Waals surface area contributed by atoms with E-state index >= 15 is 0 Å². The van der Waals surface area contributed by atoms with Gasteiger partial charge in [-0.15, -0.1) is 0 Å². The molecule has 1 aliphatic rings. The largest absolute Gasteiger partial charge is 0.497 e. The van der Waals surface area contributed by atoms with E-state index in [9.17, 15) is 14.0 Å². The lowest BCUT2D eigenvalue weighted by Gasteiger charge is -2.19. The second kappa shape index (κ2) is 9.12. The van der Waals surface area contributed by atoms with E-state index in [1.54, 1.807) is 12.0 Å². The van der Waals surface area contributed by atoms with E-state index in [4.69, 9.17) is 9.84 Å². The summed E-state index contributed by atoms with van der Waals surface area (Å²) in [6.45, 7) is 1.83. The Labute approximate surface area is 180 Å². The highest BCUT2D eigenvalue weighted by molar-refractivity contribution is 5.97. The molecule has 0 fully saturated rings. The fourth-order valence-corrected chi connectivity index (χ4v) is 3.74. The van der Waals surface area contributed by atoms with Crippen LogP contribution in [-0.4, -0.2) is 40.0 Å². The number of ketones is 1. The number of benzene rings is 2.